The van der Waals surface area contributed by atoms with Crippen molar-refractivity contribution in [3.63, 3.8) is 0 Å². The molecule has 0 saturated carbocycles. The molecule has 23 heavy (non-hydrogen) atoms. The summed E-state index contributed by atoms with van der Waals surface area (Å²) in [4.78, 5) is 17.1. The summed E-state index contributed by atoms with van der Waals surface area (Å²) in [5.74, 6) is 7.67. The third kappa shape index (κ3) is 4.73. The average Bonchev–Trinajstić information content (AvgIpc) is 2.50. The quantitative estimate of drug-likeness (QED) is 0.725. The summed E-state index contributed by atoms with van der Waals surface area (Å²) in [6.45, 7) is 13.8. The maximum Gasteiger partial charge on any atom is 0.225 e. The number of amides is 1. The lowest BCUT2D eigenvalue weighted by molar-refractivity contribution is -0.151. The second-order valence-electron chi connectivity index (χ2n) is 7.84. The molecule has 0 N–H and O–H groups in total. The minimum Gasteiger partial charge on any atom is -0.341 e. The van der Waals surface area contributed by atoms with Crippen molar-refractivity contribution in [1.82, 2.24) is 9.80 Å². The van der Waals surface area contributed by atoms with Gasteiger partial charge in [0.25, 0.3) is 0 Å². The number of carbonyl (C=O) groups is 1. The Bertz CT molecular complexity index is 444. The third-order valence-corrected chi connectivity index (χ3v) is 5.45. The van der Waals surface area contributed by atoms with E-state index < -0.39 is 0 Å². The van der Waals surface area contributed by atoms with Gasteiger partial charge in [0.1, 0.15) is 0 Å². The lowest BCUT2D eigenvalue weighted by Gasteiger charge is -2.54. The molecule has 1 unspecified atom stereocenters. The maximum absolute atomic E-state index is 12.5. The largest absolute Gasteiger partial charge is 0.341 e. The molecule has 0 aromatic heterocycles. The van der Waals surface area contributed by atoms with Gasteiger partial charge in [-0.05, 0) is 38.8 Å². The Balaban J connectivity index is 1.75. The van der Waals surface area contributed by atoms with Crippen molar-refractivity contribution in [3.8, 4) is 11.8 Å². The van der Waals surface area contributed by atoms with Crippen molar-refractivity contribution in [3.05, 3.63) is 0 Å². The van der Waals surface area contributed by atoms with Gasteiger partial charge in [-0.2, -0.15) is 0 Å². The van der Waals surface area contributed by atoms with Crippen LogP contribution in [0.5, 0.6) is 0 Å². The van der Waals surface area contributed by atoms with Crippen LogP contribution in [0.2, 0.25) is 0 Å². The van der Waals surface area contributed by atoms with Crippen molar-refractivity contribution >= 4 is 5.91 Å². The fourth-order valence-corrected chi connectivity index (χ4v) is 3.89. The highest BCUT2D eigenvalue weighted by Gasteiger charge is 2.47. The fourth-order valence-electron chi connectivity index (χ4n) is 3.89. The predicted octanol–water partition coefficient (Wildman–Crippen LogP) is 3.40. The maximum atomic E-state index is 12.5. The summed E-state index contributed by atoms with van der Waals surface area (Å²) < 4.78 is 0. The number of nitrogens with zero attached hydrogens (tertiary/aromatic N) is 2. The van der Waals surface area contributed by atoms with Gasteiger partial charge in [-0.25, -0.2) is 0 Å². The molecule has 1 spiro atoms. The summed E-state index contributed by atoms with van der Waals surface area (Å²) in [7, 11) is 0. The van der Waals surface area contributed by atoms with Crippen LogP contribution in [0.4, 0.5) is 0 Å². The van der Waals surface area contributed by atoms with E-state index in [-0.39, 0.29) is 5.92 Å². The number of hydrogen-bond acceptors (Lipinski definition) is 2. The van der Waals surface area contributed by atoms with Crippen LogP contribution < -0.4 is 0 Å². The van der Waals surface area contributed by atoms with E-state index in [1.165, 1.54) is 12.8 Å². The Morgan fingerprint density at radius 3 is 2.35 bits per heavy atom. The van der Waals surface area contributed by atoms with Gasteiger partial charge in [0.2, 0.25) is 5.91 Å². The van der Waals surface area contributed by atoms with Crippen LogP contribution >= 0.6 is 0 Å². The number of piperidine rings is 1. The molecule has 2 aliphatic rings. The van der Waals surface area contributed by atoms with Crippen molar-refractivity contribution in [2.75, 3.05) is 32.7 Å². The van der Waals surface area contributed by atoms with Crippen LogP contribution in [0.25, 0.3) is 0 Å². The van der Waals surface area contributed by atoms with Gasteiger partial charge >= 0.3 is 0 Å². The van der Waals surface area contributed by atoms with Crippen LogP contribution in [0, 0.1) is 29.1 Å². The summed E-state index contributed by atoms with van der Waals surface area (Å²) in [6, 6.07) is 0. The second-order valence-corrected chi connectivity index (χ2v) is 7.84. The Morgan fingerprint density at radius 2 is 1.83 bits per heavy atom. The molecule has 2 heterocycles. The van der Waals surface area contributed by atoms with Crippen LogP contribution in [0.15, 0.2) is 0 Å². The van der Waals surface area contributed by atoms with E-state index in [0.29, 0.717) is 17.2 Å². The Kier molecular flexibility index (Phi) is 6.53. The second kappa shape index (κ2) is 8.20. The molecule has 0 aromatic carbocycles. The summed E-state index contributed by atoms with van der Waals surface area (Å²) in [5.41, 5.74) is 0.419. The van der Waals surface area contributed by atoms with Crippen LogP contribution in [-0.4, -0.2) is 48.4 Å². The van der Waals surface area contributed by atoms with Crippen molar-refractivity contribution in [2.45, 2.75) is 59.8 Å². The first-order valence-electron chi connectivity index (χ1n) is 9.49. The highest BCUT2D eigenvalue weighted by atomic mass is 16.2. The fraction of sp³-hybridized carbons (Fsp3) is 0.850. The van der Waals surface area contributed by atoms with Crippen molar-refractivity contribution < 1.29 is 4.79 Å². The molecule has 2 fully saturated rings. The molecule has 2 saturated heterocycles. The molecule has 0 radical (unpaired) electrons. The lowest BCUT2D eigenvalue weighted by Crippen LogP contribution is -2.62. The first-order chi connectivity index (χ1) is 11.0. The molecule has 0 bridgehead atoms. The molecule has 2 aliphatic heterocycles. The van der Waals surface area contributed by atoms with E-state index in [9.17, 15) is 4.79 Å². The lowest BCUT2D eigenvalue weighted by atomic mass is 9.71. The van der Waals surface area contributed by atoms with Gasteiger partial charge in [-0.3, -0.25) is 9.69 Å². The highest BCUT2D eigenvalue weighted by Crippen LogP contribution is 2.41. The smallest absolute Gasteiger partial charge is 0.225 e. The number of likely N-dealkylation sites (tertiary alicyclic amines) is 2. The van der Waals surface area contributed by atoms with E-state index >= 15 is 0 Å². The Labute approximate surface area is 142 Å². The first-order valence-corrected chi connectivity index (χ1v) is 9.49. The molecule has 2 rings (SSSR count). The van der Waals surface area contributed by atoms with Gasteiger partial charge in [-0.15, -0.1) is 0 Å². The number of rotatable bonds is 5. The number of carbonyl (C=O) groups excluding carboxylic acids is 1. The molecule has 0 aromatic rings. The van der Waals surface area contributed by atoms with Crippen LogP contribution in [0.1, 0.15) is 59.8 Å². The molecule has 130 valence electrons. The minimum atomic E-state index is 0.253. The van der Waals surface area contributed by atoms with Gasteiger partial charge in [0.15, 0.2) is 0 Å². The van der Waals surface area contributed by atoms with Gasteiger partial charge < -0.3 is 4.90 Å². The normalized spacial score (nSPS) is 21.7. The van der Waals surface area contributed by atoms with Gasteiger partial charge in [-0.1, -0.05) is 46.0 Å². The third-order valence-electron chi connectivity index (χ3n) is 5.45. The zero-order valence-corrected chi connectivity index (χ0v) is 15.5. The molecule has 1 atom stereocenters. The van der Waals surface area contributed by atoms with E-state index in [1.807, 2.05) is 0 Å². The average molecular weight is 319 g/mol. The summed E-state index contributed by atoms with van der Waals surface area (Å²) in [5, 5.41) is 0. The zero-order valence-electron chi connectivity index (χ0n) is 15.5. The van der Waals surface area contributed by atoms with E-state index in [0.717, 1.165) is 52.0 Å². The van der Waals surface area contributed by atoms with Crippen LogP contribution in [-0.2, 0) is 4.79 Å². The van der Waals surface area contributed by atoms with E-state index in [4.69, 9.17) is 0 Å². The Morgan fingerprint density at radius 1 is 1.17 bits per heavy atom. The monoisotopic (exact) mass is 318 g/mol. The van der Waals surface area contributed by atoms with Crippen molar-refractivity contribution in [1.29, 1.82) is 0 Å². The molecule has 3 nitrogen and oxygen atoms in total. The zero-order chi connectivity index (χ0) is 16.9. The highest BCUT2D eigenvalue weighted by molar-refractivity contribution is 5.79. The van der Waals surface area contributed by atoms with Crippen molar-refractivity contribution in [2.24, 2.45) is 17.3 Å². The Hall–Kier alpha value is -1.01. The molecular formula is C20H34N2O. The standard InChI is InChI=1S/C20H34N2O/c1-5-8-18(6-2)19(23)22-15-20(16-22)10-13-21(14-11-20)12-7-9-17(3)4/h17-18H,5-6,8,10-16H2,1-4H3. The molecule has 1 amide bonds. The minimum absolute atomic E-state index is 0.253. The molecular weight excluding hydrogens is 284 g/mol. The van der Waals surface area contributed by atoms with Gasteiger partial charge in [0, 0.05) is 30.3 Å². The summed E-state index contributed by atoms with van der Waals surface area (Å²) >= 11 is 0. The first kappa shape index (κ1) is 18.3. The van der Waals surface area contributed by atoms with Gasteiger partial charge in [0.05, 0.1) is 6.54 Å². The topological polar surface area (TPSA) is 23.6 Å². The molecule has 3 heteroatoms. The van der Waals surface area contributed by atoms with E-state index in [1.54, 1.807) is 0 Å². The van der Waals surface area contributed by atoms with E-state index in [2.05, 4.69) is 49.3 Å². The summed E-state index contributed by atoms with van der Waals surface area (Å²) in [6.07, 6.45) is 5.59. The molecule has 0 aliphatic carbocycles. The van der Waals surface area contributed by atoms with Crippen LogP contribution in [0.3, 0.4) is 0 Å². The SMILES string of the molecule is CCCC(CC)C(=O)N1CC2(CCN(CC#CC(C)C)CC2)C1. The predicted molar refractivity (Wildman–Crippen MR) is 96.0 cm³/mol. The number of hydrogen-bond donors (Lipinski definition) is 0.